The molecule has 3 N–H and O–H groups in total. The maximum absolute atomic E-state index is 12.4. The lowest BCUT2D eigenvalue weighted by atomic mass is 9.78. The number of rotatable bonds is 4. The van der Waals surface area contributed by atoms with Crippen LogP contribution in [-0.2, 0) is 4.79 Å². The molecule has 0 radical (unpaired) electrons. The molecule has 0 bridgehead atoms. The Bertz CT molecular complexity index is 356. The summed E-state index contributed by atoms with van der Waals surface area (Å²) in [6.07, 6.45) is 4.63. The number of carbonyl (C=O) groups is 1. The fraction of sp³-hybridized carbons (Fsp3) is 0.938. The maximum atomic E-state index is 12.4. The van der Waals surface area contributed by atoms with Crippen LogP contribution in [0.3, 0.4) is 0 Å². The van der Waals surface area contributed by atoms with E-state index in [1.165, 1.54) is 12.8 Å². The van der Waals surface area contributed by atoms with Gasteiger partial charge in [-0.2, -0.15) is 0 Å². The van der Waals surface area contributed by atoms with Crippen LogP contribution < -0.4 is 11.1 Å². The smallest absolute Gasteiger partial charge is 0.237 e. The molecule has 2 aliphatic rings. The molecule has 2 fully saturated rings. The van der Waals surface area contributed by atoms with Crippen molar-refractivity contribution in [3.8, 4) is 0 Å². The lowest BCUT2D eigenvalue weighted by molar-refractivity contribution is -0.127. The average Bonchev–Trinajstić information content (AvgIpc) is 2.82. The summed E-state index contributed by atoms with van der Waals surface area (Å²) >= 11 is 0. The number of carbonyl (C=O) groups excluding carboxylic acids is 1. The summed E-state index contributed by atoms with van der Waals surface area (Å²) in [4.78, 5) is 14.7. The van der Waals surface area contributed by atoms with Crippen LogP contribution >= 0.6 is 0 Å². The zero-order chi connectivity index (χ0) is 14.9. The van der Waals surface area contributed by atoms with E-state index in [-0.39, 0.29) is 17.5 Å². The molecule has 4 atom stereocenters. The van der Waals surface area contributed by atoms with Gasteiger partial charge in [-0.05, 0) is 51.9 Å². The van der Waals surface area contributed by atoms with E-state index < -0.39 is 0 Å². The van der Waals surface area contributed by atoms with E-state index in [0.717, 1.165) is 25.9 Å². The molecule has 0 spiro atoms. The van der Waals surface area contributed by atoms with Crippen molar-refractivity contribution >= 4 is 5.91 Å². The molecule has 1 aliphatic carbocycles. The van der Waals surface area contributed by atoms with Gasteiger partial charge in [0, 0.05) is 24.7 Å². The molecule has 4 heteroatoms. The molecule has 2 rings (SSSR count). The molecule has 1 saturated heterocycles. The van der Waals surface area contributed by atoms with E-state index >= 15 is 0 Å². The van der Waals surface area contributed by atoms with E-state index in [2.05, 4.69) is 31.0 Å². The number of hydrogen-bond donors (Lipinski definition) is 2. The van der Waals surface area contributed by atoms with E-state index in [0.29, 0.717) is 17.9 Å². The predicted molar refractivity (Wildman–Crippen MR) is 82.4 cm³/mol. The summed E-state index contributed by atoms with van der Waals surface area (Å²) in [5, 5.41) is 3.16. The largest absolute Gasteiger partial charge is 0.350 e. The molecule has 0 aromatic rings. The molecule has 0 aromatic heterocycles. The second kappa shape index (κ2) is 6.02. The Hall–Kier alpha value is -0.610. The highest BCUT2D eigenvalue weighted by Gasteiger charge is 2.41. The molecule has 0 aromatic carbocycles. The molecule has 1 heterocycles. The van der Waals surface area contributed by atoms with Crippen LogP contribution in [0.2, 0.25) is 0 Å². The highest BCUT2D eigenvalue weighted by Crippen LogP contribution is 2.36. The van der Waals surface area contributed by atoms with E-state index in [9.17, 15) is 4.79 Å². The SMILES string of the molecule is CCC(C)(C)NC(=O)C(C)N1CC2CCCC(N)C2C1. The highest BCUT2D eigenvalue weighted by atomic mass is 16.2. The van der Waals surface area contributed by atoms with Crippen LogP contribution in [0.15, 0.2) is 0 Å². The Morgan fingerprint density at radius 1 is 1.40 bits per heavy atom. The van der Waals surface area contributed by atoms with Crippen molar-refractivity contribution in [2.45, 2.75) is 71.0 Å². The van der Waals surface area contributed by atoms with Crippen molar-refractivity contribution in [3.63, 3.8) is 0 Å². The van der Waals surface area contributed by atoms with Crippen LogP contribution in [0, 0.1) is 11.8 Å². The normalized spacial score (nSPS) is 32.8. The van der Waals surface area contributed by atoms with Crippen molar-refractivity contribution in [2.75, 3.05) is 13.1 Å². The first-order valence-electron chi connectivity index (χ1n) is 8.15. The third-order valence-electron chi connectivity index (χ3n) is 5.45. The van der Waals surface area contributed by atoms with Gasteiger partial charge in [0.25, 0.3) is 0 Å². The Balaban J connectivity index is 1.93. The molecular weight excluding hydrogens is 250 g/mol. The maximum Gasteiger partial charge on any atom is 0.237 e. The van der Waals surface area contributed by atoms with Crippen molar-refractivity contribution < 1.29 is 4.79 Å². The third kappa shape index (κ3) is 3.34. The van der Waals surface area contributed by atoms with Gasteiger partial charge in [-0.1, -0.05) is 13.3 Å². The van der Waals surface area contributed by atoms with Crippen LogP contribution in [0.5, 0.6) is 0 Å². The van der Waals surface area contributed by atoms with Gasteiger partial charge < -0.3 is 11.1 Å². The first-order valence-corrected chi connectivity index (χ1v) is 8.15. The lowest BCUT2D eigenvalue weighted by Gasteiger charge is -2.30. The van der Waals surface area contributed by atoms with Gasteiger partial charge in [-0.15, -0.1) is 0 Å². The van der Waals surface area contributed by atoms with Crippen LogP contribution in [0.25, 0.3) is 0 Å². The number of nitrogens with two attached hydrogens (primary N) is 1. The Morgan fingerprint density at radius 3 is 2.70 bits per heavy atom. The third-order valence-corrected chi connectivity index (χ3v) is 5.45. The number of likely N-dealkylation sites (tertiary alicyclic amines) is 1. The highest BCUT2D eigenvalue weighted by molar-refractivity contribution is 5.82. The minimum absolute atomic E-state index is 0.0429. The van der Waals surface area contributed by atoms with Gasteiger partial charge in [-0.3, -0.25) is 9.69 Å². The molecule has 116 valence electrons. The number of nitrogens with zero attached hydrogens (tertiary/aromatic N) is 1. The molecule has 1 amide bonds. The number of amides is 1. The van der Waals surface area contributed by atoms with Gasteiger partial charge in [0.2, 0.25) is 5.91 Å². The second-order valence-electron chi connectivity index (χ2n) is 7.38. The standard InChI is InChI=1S/C16H31N3O/c1-5-16(3,4)18-15(20)11(2)19-9-12-7-6-8-14(17)13(12)10-19/h11-14H,5-10,17H2,1-4H3,(H,18,20). The zero-order valence-electron chi connectivity index (χ0n) is 13.5. The van der Waals surface area contributed by atoms with E-state index in [4.69, 9.17) is 5.73 Å². The number of fused-ring (bicyclic) bond motifs is 1. The summed E-state index contributed by atoms with van der Waals surface area (Å²) < 4.78 is 0. The minimum Gasteiger partial charge on any atom is -0.350 e. The van der Waals surface area contributed by atoms with Crippen molar-refractivity contribution in [1.29, 1.82) is 0 Å². The molecule has 20 heavy (non-hydrogen) atoms. The fourth-order valence-electron chi connectivity index (χ4n) is 3.56. The van der Waals surface area contributed by atoms with Gasteiger partial charge in [0.15, 0.2) is 0 Å². The molecule has 1 saturated carbocycles. The van der Waals surface area contributed by atoms with Gasteiger partial charge in [0.05, 0.1) is 6.04 Å². The Morgan fingerprint density at radius 2 is 2.10 bits per heavy atom. The van der Waals surface area contributed by atoms with Gasteiger partial charge >= 0.3 is 0 Å². The predicted octanol–water partition coefficient (Wildman–Crippen LogP) is 1.74. The molecule has 1 aliphatic heterocycles. The van der Waals surface area contributed by atoms with E-state index in [1.54, 1.807) is 0 Å². The Labute approximate surface area is 123 Å². The first-order chi connectivity index (χ1) is 9.34. The zero-order valence-corrected chi connectivity index (χ0v) is 13.5. The van der Waals surface area contributed by atoms with Gasteiger partial charge in [0.1, 0.15) is 0 Å². The topological polar surface area (TPSA) is 58.4 Å². The first kappa shape index (κ1) is 15.8. The summed E-state index contributed by atoms with van der Waals surface area (Å²) in [5.41, 5.74) is 6.14. The number of hydrogen-bond acceptors (Lipinski definition) is 3. The van der Waals surface area contributed by atoms with Crippen LogP contribution in [0.4, 0.5) is 0 Å². The number of nitrogens with one attached hydrogen (secondary N) is 1. The lowest BCUT2D eigenvalue weighted by Crippen LogP contribution is -2.51. The molecule has 4 nitrogen and oxygen atoms in total. The summed E-state index contributed by atoms with van der Waals surface area (Å²) in [5.74, 6) is 1.45. The van der Waals surface area contributed by atoms with Crippen LogP contribution in [0.1, 0.15) is 53.4 Å². The second-order valence-corrected chi connectivity index (χ2v) is 7.38. The fourth-order valence-corrected chi connectivity index (χ4v) is 3.56. The Kier molecular flexibility index (Phi) is 4.75. The van der Waals surface area contributed by atoms with Crippen molar-refractivity contribution in [1.82, 2.24) is 10.2 Å². The quantitative estimate of drug-likeness (QED) is 0.825. The molecule has 4 unspecified atom stereocenters. The van der Waals surface area contributed by atoms with Crippen molar-refractivity contribution in [2.24, 2.45) is 17.6 Å². The average molecular weight is 281 g/mol. The summed E-state index contributed by atoms with van der Waals surface area (Å²) in [6, 6.07) is 0.291. The summed E-state index contributed by atoms with van der Waals surface area (Å²) in [7, 11) is 0. The van der Waals surface area contributed by atoms with Crippen molar-refractivity contribution in [3.05, 3.63) is 0 Å². The van der Waals surface area contributed by atoms with Crippen LogP contribution in [-0.4, -0.2) is 41.5 Å². The van der Waals surface area contributed by atoms with Gasteiger partial charge in [-0.25, -0.2) is 0 Å². The molecular formula is C16H31N3O. The van der Waals surface area contributed by atoms with E-state index in [1.807, 2.05) is 6.92 Å². The minimum atomic E-state index is -0.117. The summed E-state index contributed by atoms with van der Waals surface area (Å²) in [6.45, 7) is 10.3. The monoisotopic (exact) mass is 281 g/mol.